The van der Waals surface area contributed by atoms with Crippen LogP contribution in [0.4, 0.5) is 16.3 Å². The zero-order valence-corrected chi connectivity index (χ0v) is 22.8. The number of aromatic nitrogens is 2. The molecular formula is C25H31Cl2N5O4. The van der Waals surface area contributed by atoms with Crippen LogP contribution in [0.2, 0.25) is 10.2 Å². The van der Waals surface area contributed by atoms with E-state index in [1.807, 2.05) is 47.6 Å². The van der Waals surface area contributed by atoms with Gasteiger partial charge in [-0.25, -0.2) is 9.78 Å². The monoisotopic (exact) mass is 535 g/mol. The molecule has 0 bridgehead atoms. The Morgan fingerprint density at radius 2 is 2.00 bits per heavy atom. The quantitative estimate of drug-likeness (QED) is 0.524. The number of nitrogens with zero attached hydrogens (tertiary/aromatic N) is 4. The summed E-state index contributed by atoms with van der Waals surface area (Å²) in [5, 5.41) is 3.39. The average molecular weight is 536 g/mol. The molecule has 9 nitrogen and oxygen atoms in total. The van der Waals surface area contributed by atoms with Gasteiger partial charge in [-0.05, 0) is 45.2 Å². The Bertz CT molecular complexity index is 1200. The summed E-state index contributed by atoms with van der Waals surface area (Å²) in [5.74, 6) is 0.260. The van der Waals surface area contributed by atoms with Crippen LogP contribution in [0.25, 0.3) is 0 Å². The Kier molecular flexibility index (Phi) is 7.26. The highest BCUT2D eigenvalue weighted by atomic mass is 35.5. The van der Waals surface area contributed by atoms with Crippen molar-refractivity contribution in [3.63, 3.8) is 0 Å². The van der Waals surface area contributed by atoms with Crippen LogP contribution in [0.3, 0.4) is 0 Å². The second-order valence-corrected chi connectivity index (χ2v) is 11.1. The molecule has 36 heavy (non-hydrogen) atoms. The largest absolute Gasteiger partial charge is 0.489 e. The van der Waals surface area contributed by atoms with Crippen molar-refractivity contribution in [2.45, 2.75) is 59.1 Å². The molecule has 194 valence electrons. The number of carbonyl (C=O) groups excluding carboxylic acids is 2. The van der Waals surface area contributed by atoms with Crippen molar-refractivity contribution in [1.29, 1.82) is 0 Å². The Labute approximate surface area is 221 Å². The molecule has 1 unspecified atom stereocenters. The number of ether oxygens (including phenoxy) is 2. The van der Waals surface area contributed by atoms with Gasteiger partial charge in [0.15, 0.2) is 10.9 Å². The first-order chi connectivity index (χ1) is 16.9. The Morgan fingerprint density at radius 1 is 1.28 bits per heavy atom. The van der Waals surface area contributed by atoms with Gasteiger partial charge in [-0.15, -0.1) is 0 Å². The molecule has 4 heterocycles. The minimum absolute atomic E-state index is 0.0219. The highest BCUT2D eigenvalue weighted by Gasteiger charge is 2.40. The maximum atomic E-state index is 13.9. The minimum atomic E-state index is -0.615. The fourth-order valence-electron chi connectivity index (χ4n) is 4.32. The number of aryl methyl sites for hydroxylation is 1. The van der Waals surface area contributed by atoms with Crippen LogP contribution < -0.4 is 10.1 Å². The molecule has 1 atom stereocenters. The lowest BCUT2D eigenvalue weighted by molar-refractivity contribution is 0.000958. The molecule has 2 aliphatic heterocycles. The summed E-state index contributed by atoms with van der Waals surface area (Å²) in [6.45, 7) is 12.6. The molecule has 11 heteroatoms. The van der Waals surface area contributed by atoms with E-state index in [1.165, 1.54) is 0 Å². The lowest BCUT2D eigenvalue weighted by Gasteiger charge is -2.40. The molecule has 1 fully saturated rings. The number of fused-ring (bicyclic) bond motifs is 2. The van der Waals surface area contributed by atoms with E-state index in [4.69, 9.17) is 32.7 Å². The molecule has 0 saturated carbocycles. The minimum Gasteiger partial charge on any atom is -0.489 e. The van der Waals surface area contributed by atoms with Gasteiger partial charge in [0.1, 0.15) is 28.6 Å². The Morgan fingerprint density at radius 3 is 2.67 bits per heavy atom. The number of carbonyl (C=O) groups is 2. The number of rotatable bonds is 3. The molecule has 4 rings (SSSR count). The number of nitrogens with one attached hydrogen (secondary N) is 1. The van der Waals surface area contributed by atoms with E-state index in [9.17, 15) is 9.59 Å². The number of hydrogen-bond acceptors (Lipinski definition) is 7. The van der Waals surface area contributed by atoms with Crippen molar-refractivity contribution in [2.75, 3.05) is 31.6 Å². The first-order valence-electron chi connectivity index (χ1n) is 11.9. The van der Waals surface area contributed by atoms with Crippen LogP contribution in [0.15, 0.2) is 12.3 Å². The molecule has 2 amide bonds. The number of hydrogen-bond donors (Lipinski definition) is 1. The summed E-state index contributed by atoms with van der Waals surface area (Å²) in [7, 11) is 0. The fraction of sp³-hybridized carbons (Fsp3) is 0.520. The summed E-state index contributed by atoms with van der Waals surface area (Å²) < 4.78 is 11.6. The molecule has 0 radical (unpaired) electrons. The van der Waals surface area contributed by atoms with Gasteiger partial charge >= 0.3 is 6.09 Å². The van der Waals surface area contributed by atoms with Crippen LogP contribution in [0.1, 0.15) is 62.2 Å². The van der Waals surface area contributed by atoms with Crippen molar-refractivity contribution in [3.05, 3.63) is 39.3 Å². The molecular weight excluding hydrogens is 505 g/mol. The second kappa shape index (κ2) is 9.94. The number of anilines is 2. The lowest BCUT2D eigenvalue weighted by Crippen LogP contribution is -2.58. The van der Waals surface area contributed by atoms with Crippen LogP contribution in [-0.2, 0) is 4.74 Å². The van der Waals surface area contributed by atoms with Crippen LogP contribution in [0, 0.1) is 6.92 Å². The standard InChI is InChI=1S/C25H31Cl2N5O4/c1-13(2)18-19(14(3)7-8-28-18)29-22-16-20(17(26)21(27)30-22)35-12-15-11-31(9-10-32(15)23(16)33)24(34)36-25(4,5)6/h7-8,13,15H,9-12H2,1-6H3,(H,29,30). The second-order valence-electron chi connectivity index (χ2n) is 10.3. The number of halogens is 2. The molecule has 2 aromatic heterocycles. The van der Waals surface area contributed by atoms with Gasteiger partial charge in [-0.2, -0.15) is 0 Å². The maximum Gasteiger partial charge on any atom is 0.410 e. The van der Waals surface area contributed by atoms with Crippen molar-refractivity contribution < 1.29 is 19.1 Å². The third-order valence-corrected chi connectivity index (χ3v) is 6.78. The van der Waals surface area contributed by atoms with Gasteiger partial charge in [0, 0.05) is 25.8 Å². The van der Waals surface area contributed by atoms with Gasteiger partial charge < -0.3 is 24.6 Å². The normalized spacial score (nSPS) is 17.8. The molecule has 1 saturated heterocycles. The zero-order chi connectivity index (χ0) is 26.4. The molecule has 0 aliphatic carbocycles. The third-order valence-electron chi connectivity index (χ3n) is 6.06. The van der Waals surface area contributed by atoms with Gasteiger partial charge in [0.25, 0.3) is 5.91 Å². The molecule has 1 N–H and O–H groups in total. The fourth-order valence-corrected chi connectivity index (χ4v) is 4.68. The number of pyridine rings is 2. The average Bonchev–Trinajstić information content (AvgIpc) is 2.93. The first kappa shape index (κ1) is 26.3. The summed E-state index contributed by atoms with van der Waals surface area (Å²) in [6, 6.07) is 1.49. The van der Waals surface area contributed by atoms with Crippen LogP contribution in [-0.4, -0.2) is 69.7 Å². The van der Waals surface area contributed by atoms with E-state index >= 15 is 0 Å². The summed E-state index contributed by atoms with van der Waals surface area (Å²) in [6.07, 6.45) is 1.33. The maximum absolute atomic E-state index is 13.9. The molecule has 0 aromatic carbocycles. The van der Waals surface area contributed by atoms with Gasteiger partial charge in [-0.1, -0.05) is 37.0 Å². The van der Waals surface area contributed by atoms with Crippen molar-refractivity contribution >= 4 is 46.7 Å². The van der Waals surface area contributed by atoms with E-state index in [1.54, 1.807) is 16.0 Å². The predicted octanol–water partition coefficient (Wildman–Crippen LogP) is 5.41. The van der Waals surface area contributed by atoms with Crippen molar-refractivity contribution in [3.8, 4) is 5.75 Å². The van der Waals surface area contributed by atoms with E-state index in [0.29, 0.717) is 13.1 Å². The smallest absolute Gasteiger partial charge is 0.410 e. The highest BCUT2D eigenvalue weighted by molar-refractivity contribution is 6.42. The van der Waals surface area contributed by atoms with Crippen molar-refractivity contribution in [1.82, 2.24) is 19.8 Å². The number of piperazine rings is 1. The highest BCUT2D eigenvalue weighted by Crippen LogP contribution is 2.42. The topological polar surface area (TPSA) is 96.9 Å². The number of amides is 2. The SMILES string of the molecule is Cc1ccnc(C(C)C)c1Nc1nc(Cl)c(Cl)c2c1C(=O)N1CCN(C(=O)OC(C)(C)C)CC1CO2. The van der Waals surface area contributed by atoms with E-state index < -0.39 is 11.7 Å². The van der Waals surface area contributed by atoms with E-state index in [2.05, 4.69) is 15.3 Å². The van der Waals surface area contributed by atoms with Gasteiger partial charge in [0.05, 0.1) is 17.4 Å². The van der Waals surface area contributed by atoms with Gasteiger partial charge in [-0.3, -0.25) is 9.78 Å². The summed E-state index contributed by atoms with van der Waals surface area (Å²) in [4.78, 5) is 38.7. The van der Waals surface area contributed by atoms with Crippen LogP contribution >= 0.6 is 23.2 Å². The molecule has 0 spiro atoms. The Balaban J connectivity index is 1.69. The third kappa shape index (κ3) is 5.18. The van der Waals surface area contributed by atoms with Gasteiger partial charge in [0.2, 0.25) is 0 Å². The lowest BCUT2D eigenvalue weighted by atomic mass is 10.0. The Hall–Kier alpha value is -2.78. The summed E-state index contributed by atoms with van der Waals surface area (Å²) in [5.41, 5.74) is 2.12. The first-order valence-corrected chi connectivity index (χ1v) is 12.7. The van der Waals surface area contributed by atoms with E-state index in [-0.39, 0.29) is 58.3 Å². The zero-order valence-electron chi connectivity index (χ0n) is 21.3. The van der Waals surface area contributed by atoms with E-state index in [0.717, 1.165) is 16.9 Å². The van der Waals surface area contributed by atoms with Crippen LogP contribution in [0.5, 0.6) is 5.75 Å². The summed E-state index contributed by atoms with van der Waals surface area (Å²) >= 11 is 12.8. The predicted molar refractivity (Wildman–Crippen MR) is 139 cm³/mol. The van der Waals surface area contributed by atoms with Crippen molar-refractivity contribution in [2.24, 2.45) is 0 Å². The molecule has 2 aromatic rings. The molecule has 2 aliphatic rings.